The summed E-state index contributed by atoms with van der Waals surface area (Å²) in [4.78, 5) is 36.0. The van der Waals surface area contributed by atoms with E-state index in [1.807, 2.05) is 38.4 Å². The predicted octanol–water partition coefficient (Wildman–Crippen LogP) is 5.09. The van der Waals surface area contributed by atoms with Gasteiger partial charge >= 0.3 is 0 Å². The van der Waals surface area contributed by atoms with Crippen molar-refractivity contribution >= 4 is 39.2 Å². The third kappa shape index (κ3) is 5.52. The minimum Gasteiger partial charge on any atom is -0.384 e. The summed E-state index contributed by atoms with van der Waals surface area (Å²) in [5.74, 6) is 0.299. The van der Waals surface area contributed by atoms with Gasteiger partial charge in [0.15, 0.2) is 5.82 Å². The maximum atomic E-state index is 14.7. The summed E-state index contributed by atoms with van der Waals surface area (Å²) < 4.78 is 14.7. The highest BCUT2D eigenvalue weighted by molar-refractivity contribution is 5.97. The second kappa shape index (κ2) is 10.9. The Hall–Kier alpha value is -5.23. The minimum atomic E-state index is -0.358. The van der Waals surface area contributed by atoms with E-state index in [1.165, 1.54) is 12.1 Å². The molecule has 1 aromatic carbocycles. The standard InChI is InChI=1S/C31H29FN10O/c1-42(2)8-7-34-21-10-18(9-20(32)12-21)27-29-24(5-6-35-27)38-30(39-29)28-23-13-25(36-16-26(23)40-41-28)19-11-22(15-33-14-19)37-31(43)17-3-4-17/h5-6,9-17,34H,3-4,7-8H2,1-2H3,(H,37,43)(H,38,39)(H,40,41). The zero-order valence-corrected chi connectivity index (χ0v) is 23.6. The first-order valence-electron chi connectivity index (χ1n) is 14.1. The number of hydrogen-bond acceptors (Lipinski definition) is 8. The molecule has 0 radical (unpaired) electrons. The Morgan fingerprint density at radius 3 is 2.70 bits per heavy atom. The highest BCUT2D eigenvalue weighted by Gasteiger charge is 2.29. The summed E-state index contributed by atoms with van der Waals surface area (Å²) in [6.07, 6.45) is 8.59. The highest BCUT2D eigenvalue weighted by Crippen LogP contribution is 2.33. The molecule has 1 aliphatic rings. The Morgan fingerprint density at radius 1 is 1.00 bits per heavy atom. The molecular weight excluding hydrogens is 547 g/mol. The summed E-state index contributed by atoms with van der Waals surface area (Å²) in [6, 6.07) is 10.4. The first-order valence-corrected chi connectivity index (χ1v) is 14.1. The van der Waals surface area contributed by atoms with Gasteiger partial charge in [-0.25, -0.2) is 9.37 Å². The van der Waals surface area contributed by atoms with Crippen LogP contribution in [0.1, 0.15) is 12.8 Å². The first-order chi connectivity index (χ1) is 20.9. The van der Waals surface area contributed by atoms with Crippen LogP contribution in [0.2, 0.25) is 0 Å². The minimum absolute atomic E-state index is 0.0216. The predicted molar refractivity (Wildman–Crippen MR) is 164 cm³/mol. The van der Waals surface area contributed by atoms with Crippen molar-refractivity contribution in [2.45, 2.75) is 12.8 Å². The number of likely N-dealkylation sites (N-methyl/N-ethyl adjacent to an activating group) is 1. The number of rotatable bonds is 9. The second-order valence-corrected chi connectivity index (χ2v) is 11.0. The number of anilines is 2. The van der Waals surface area contributed by atoms with Crippen molar-refractivity contribution in [2.24, 2.45) is 5.92 Å². The molecular formula is C31H29FN10O. The maximum absolute atomic E-state index is 14.7. The number of pyridine rings is 3. The maximum Gasteiger partial charge on any atom is 0.227 e. The van der Waals surface area contributed by atoms with Crippen molar-refractivity contribution in [1.82, 2.24) is 40.0 Å². The molecule has 11 nitrogen and oxygen atoms in total. The number of halogens is 1. The van der Waals surface area contributed by atoms with Crippen molar-refractivity contribution in [3.05, 3.63) is 67.0 Å². The fourth-order valence-corrected chi connectivity index (χ4v) is 5.00. The van der Waals surface area contributed by atoms with Gasteiger partial charge in [-0.05, 0) is 63.3 Å². The Labute approximate surface area is 246 Å². The van der Waals surface area contributed by atoms with Gasteiger partial charge in [0.25, 0.3) is 0 Å². The molecule has 0 aliphatic heterocycles. The fraction of sp³-hybridized carbons (Fsp3) is 0.226. The summed E-state index contributed by atoms with van der Waals surface area (Å²) in [7, 11) is 3.98. The Kier molecular flexibility index (Phi) is 6.74. The zero-order chi connectivity index (χ0) is 29.5. The number of nitrogens with one attached hydrogen (secondary N) is 4. The van der Waals surface area contributed by atoms with E-state index >= 15 is 0 Å². The van der Waals surface area contributed by atoms with Gasteiger partial charge in [-0.3, -0.25) is 24.8 Å². The number of aromatic nitrogens is 7. The molecule has 7 rings (SSSR count). The lowest BCUT2D eigenvalue weighted by Gasteiger charge is -2.12. The molecule has 1 saturated carbocycles. The third-order valence-corrected chi connectivity index (χ3v) is 7.38. The van der Waals surface area contributed by atoms with Gasteiger partial charge < -0.3 is 20.5 Å². The number of nitrogens with zero attached hydrogens (tertiary/aromatic N) is 6. The van der Waals surface area contributed by atoms with Crippen molar-refractivity contribution in [1.29, 1.82) is 0 Å². The molecule has 0 bridgehead atoms. The number of imidazole rings is 1. The molecule has 12 heteroatoms. The second-order valence-electron chi connectivity index (χ2n) is 11.0. The molecule has 1 fully saturated rings. The van der Waals surface area contributed by atoms with Crippen LogP contribution >= 0.6 is 0 Å². The average molecular weight is 577 g/mol. The van der Waals surface area contributed by atoms with Crippen LogP contribution in [0, 0.1) is 11.7 Å². The molecule has 5 aromatic heterocycles. The third-order valence-electron chi connectivity index (χ3n) is 7.38. The van der Waals surface area contributed by atoms with E-state index in [0.717, 1.165) is 41.4 Å². The van der Waals surface area contributed by atoms with E-state index in [9.17, 15) is 9.18 Å². The normalized spacial score (nSPS) is 13.2. The molecule has 1 aliphatic carbocycles. The largest absolute Gasteiger partial charge is 0.384 e. The van der Waals surface area contributed by atoms with E-state index < -0.39 is 0 Å². The van der Waals surface area contributed by atoms with Gasteiger partial charge in [-0.1, -0.05) is 0 Å². The highest BCUT2D eigenvalue weighted by atomic mass is 19.1. The van der Waals surface area contributed by atoms with E-state index in [2.05, 4.69) is 45.7 Å². The lowest BCUT2D eigenvalue weighted by atomic mass is 10.1. The van der Waals surface area contributed by atoms with Crippen LogP contribution < -0.4 is 10.6 Å². The average Bonchev–Trinajstić information content (AvgIpc) is 3.62. The topological polar surface area (TPSA) is 140 Å². The summed E-state index contributed by atoms with van der Waals surface area (Å²) in [6.45, 7) is 1.49. The summed E-state index contributed by atoms with van der Waals surface area (Å²) in [5.41, 5.74) is 6.64. The van der Waals surface area contributed by atoms with E-state index in [1.54, 1.807) is 24.8 Å². The molecule has 0 unspecified atom stereocenters. The van der Waals surface area contributed by atoms with Gasteiger partial charge in [0, 0.05) is 53.6 Å². The molecule has 43 heavy (non-hydrogen) atoms. The van der Waals surface area contributed by atoms with Crippen LogP contribution in [-0.2, 0) is 4.79 Å². The Bertz CT molecular complexity index is 1980. The van der Waals surface area contributed by atoms with E-state index in [4.69, 9.17) is 4.98 Å². The number of H-pyrrole nitrogens is 2. The lowest BCUT2D eigenvalue weighted by Crippen LogP contribution is -2.20. The summed E-state index contributed by atoms with van der Waals surface area (Å²) >= 11 is 0. The smallest absolute Gasteiger partial charge is 0.227 e. The fourth-order valence-electron chi connectivity index (χ4n) is 5.00. The number of benzene rings is 1. The quantitative estimate of drug-likeness (QED) is 0.187. The van der Waals surface area contributed by atoms with E-state index in [-0.39, 0.29) is 17.6 Å². The number of carbonyl (C=O) groups is 1. The first kappa shape index (κ1) is 26.7. The van der Waals surface area contributed by atoms with Crippen LogP contribution in [-0.4, -0.2) is 73.1 Å². The molecule has 6 aromatic rings. The molecule has 1 amide bonds. The number of amides is 1. The lowest BCUT2D eigenvalue weighted by molar-refractivity contribution is -0.117. The zero-order valence-electron chi connectivity index (χ0n) is 23.6. The van der Waals surface area contributed by atoms with Crippen LogP contribution in [0.15, 0.2) is 61.2 Å². The van der Waals surface area contributed by atoms with Gasteiger partial charge in [0.1, 0.15) is 17.0 Å². The SMILES string of the molecule is CN(C)CCNc1cc(F)cc(-c2nccc3[nH]c(-c4n[nH]c5cnc(-c6cncc(NC(=O)C7CC7)c6)cc45)nc23)c1. The molecule has 216 valence electrons. The van der Waals surface area contributed by atoms with Crippen molar-refractivity contribution in [2.75, 3.05) is 37.8 Å². The van der Waals surface area contributed by atoms with E-state index in [0.29, 0.717) is 51.9 Å². The Balaban J connectivity index is 1.23. The van der Waals surface area contributed by atoms with Crippen LogP contribution in [0.4, 0.5) is 15.8 Å². The number of fused-ring (bicyclic) bond motifs is 2. The number of carbonyl (C=O) groups excluding carboxylic acids is 1. The Morgan fingerprint density at radius 2 is 1.86 bits per heavy atom. The van der Waals surface area contributed by atoms with Gasteiger partial charge in [-0.2, -0.15) is 5.10 Å². The molecule has 5 heterocycles. The van der Waals surface area contributed by atoms with Gasteiger partial charge in [0.2, 0.25) is 5.91 Å². The van der Waals surface area contributed by atoms with Crippen molar-refractivity contribution in [3.8, 4) is 34.0 Å². The number of aromatic amines is 2. The van der Waals surface area contributed by atoms with Gasteiger partial charge in [0.05, 0.1) is 40.5 Å². The summed E-state index contributed by atoms with van der Waals surface area (Å²) in [5, 5.41) is 14.6. The van der Waals surface area contributed by atoms with Crippen LogP contribution in [0.25, 0.3) is 56.0 Å². The molecule has 0 spiro atoms. The van der Waals surface area contributed by atoms with Crippen molar-refractivity contribution < 1.29 is 9.18 Å². The van der Waals surface area contributed by atoms with Crippen LogP contribution in [0.3, 0.4) is 0 Å². The van der Waals surface area contributed by atoms with Crippen LogP contribution in [0.5, 0.6) is 0 Å². The molecule has 4 N–H and O–H groups in total. The van der Waals surface area contributed by atoms with Gasteiger partial charge in [-0.15, -0.1) is 0 Å². The van der Waals surface area contributed by atoms with Crippen molar-refractivity contribution in [3.63, 3.8) is 0 Å². The monoisotopic (exact) mass is 576 g/mol. The number of hydrogen-bond donors (Lipinski definition) is 4. The molecule has 0 saturated heterocycles. The molecule has 0 atom stereocenters.